The monoisotopic (exact) mass is 362 g/mol. The Hall–Kier alpha value is -2.54. The van der Waals surface area contributed by atoms with Crippen molar-refractivity contribution < 1.29 is 24.2 Å². The van der Waals surface area contributed by atoms with E-state index in [9.17, 15) is 14.7 Å². The van der Waals surface area contributed by atoms with Crippen LogP contribution in [0.5, 0.6) is 5.75 Å². The van der Waals surface area contributed by atoms with E-state index in [0.29, 0.717) is 17.3 Å². The fourth-order valence-electron chi connectivity index (χ4n) is 2.62. The number of aromatic nitrogens is 1. The lowest BCUT2D eigenvalue weighted by Crippen LogP contribution is -2.35. The predicted molar refractivity (Wildman–Crippen MR) is 98.5 cm³/mol. The second kappa shape index (κ2) is 7.78. The molecule has 2 rings (SSSR count). The molecule has 1 aromatic heterocycles. The lowest BCUT2D eigenvalue weighted by atomic mass is 10.1. The van der Waals surface area contributed by atoms with Gasteiger partial charge in [0.25, 0.3) is 0 Å². The third-order valence-electron chi connectivity index (χ3n) is 3.90. The highest BCUT2D eigenvalue weighted by Gasteiger charge is 2.27. The number of likely N-dealkylation sites (N-methyl/N-ethyl adjacent to an activating group) is 1. The summed E-state index contributed by atoms with van der Waals surface area (Å²) in [7, 11) is 3.93. The minimum atomic E-state index is -0.972. The Kier molecular flexibility index (Phi) is 5.92. The average molecular weight is 362 g/mol. The molecule has 0 saturated heterocycles. The summed E-state index contributed by atoms with van der Waals surface area (Å²) in [6.45, 7) is 5.39. The Labute approximate surface area is 153 Å². The van der Waals surface area contributed by atoms with Crippen molar-refractivity contribution in [2.45, 2.75) is 32.8 Å². The van der Waals surface area contributed by atoms with Crippen LogP contribution in [-0.4, -0.2) is 59.5 Å². The first kappa shape index (κ1) is 19.8. The van der Waals surface area contributed by atoms with E-state index in [1.54, 1.807) is 38.2 Å². The summed E-state index contributed by atoms with van der Waals surface area (Å²) in [4.78, 5) is 25.7. The number of fused-ring (bicyclic) bond motifs is 1. The van der Waals surface area contributed by atoms with Crippen molar-refractivity contribution in [1.82, 2.24) is 9.47 Å². The Morgan fingerprint density at radius 2 is 1.96 bits per heavy atom. The van der Waals surface area contributed by atoms with Crippen LogP contribution in [0.15, 0.2) is 24.4 Å². The Morgan fingerprint density at radius 1 is 1.27 bits per heavy atom. The second-order valence-electron chi connectivity index (χ2n) is 7.16. The smallest absolute Gasteiger partial charge is 0.419 e. The first-order valence-corrected chi connectivity index (χ1v) is 8.44. The van der Waals surface area contributed by atoms with Crippen LogP contribution in [0.25, 0.3) is 10.9 Å². The molecule has 0 saturated carbocycles. The number of benzene rings is 1. The van der Waals surface area contributed by atoms with Gasteiger partial charge in [-0.3, -0.25) is 9.36 Å². The summed E-state index contributed by atoms with van der Waals surface area (Å²) in [5.41, 5.74) is 0.466. The van der Waals surface area contributed by atoms with Gasteiger partial charge in [0.2, 0.25) is 0 Å². The van der Waals surface area contributed by atoms with Crippen molar-refractivity contribution in [1.29, 1.82) is 0 Å². The van der Waals surface area contributed by atoms with Gasteiger partial charge in [-0.15, -0.1) is 0 Å². The topological polar surface area (TPSA) is 81.0 Å². The number of phenols is 1. The molecule has 0 bridgehead atoms. The number of carbonyl (C=O) groups excluding carboxylic acids is 2. The number of carbonyl (C=O) groups is 2. The summed E-state index contributed by atoms with van der Waals surface area (Å²) in [6.07, 6.45) is 1.78. The Balaban J connectivity index is 2.32. The molecule has 7 nitrogen and oxygen atoms in total. The maximum absolute atomic E-state index is 12.7. The summed E-state index contributed by atoms with van der Waals surface area (Å²) < 4.78 is 11.8. The molecule has 0 unspecified atom stereocenters. The van der Waals surface area contributed by atoms with Crippen LogP contribution < -0.4 is 0 Å². The normalized spacial score (nSPS) is 11.8. The number of esters is 1. The molecule has 1 aromatic carbocycles. The largest absolute Gasteiger partial charge is 0.507 e. The number of nitrogens with zero attached hydrogens (tertiary/aromatic N) is 2. The lowest BCUT2D eigenvalue weighted by molar-refractivity contribution is -0.147. The number of hydrogen-bond acceptors (Lipinski definition) is 6. The van der Waals surface area contributed by atoms with E-state index in [4.69, 9.17) is 9.47 Å². The molecule has 0 aliphatic carbocycles. The van der Waals surface area contributed by atoms with Crippen LogP contribution in [0.2, 0.25) is 0 Å². The molecule has 0 radical (unpaired) electrons. The zero-order chi connectivity index (χ0) is 19.5. The third-order valence-corrected chi connectivity index (χ3v) is 3.90. The number of phenolic OH excluding ortho intramolecular Hbond substituents is 1. The maximum atomic E-state index is 12.7. The van der Waals surface area contributed by atoms with E-state index >= 15 is 0 Å². The van der Waals surface area contributed by atoms with Crippen molar-refractivity contribution >= 4 is 23.0 Å². The Bertz CT molecular complexity index is 808. The molecule has 2 aromatic rings. The molecule has 0 spiro atoms. The highest BCUT2D eigenvalue weighted by Crippen LogP contribution is 2.30. The molecule has 0 aliphatic heterocycles. The van der Waals surface area contributed by atoms with Gasteiger partial charge in [-0.1, -0.05) is 6.07 Å². The molecule has 0 fully saturated rings. The predicted octanol–water partition coefficient (Wildman–Crippen LogP) is 2.78. The molecule has 7 heteroatoms. The number of aromatic hydroxyl groups is 1. The van der Waals surface area contributed by atoms with E-state index in [1.807, 2.05) is 19.0 Å². The summed E-state index contributed by atoms with van der Waals surface area (Å²) in [5.74, 6) is -0.307. The zero-order valence-corrected chi connectivity index (χ0v) is 15.9. The number of hydrogen-bond donors (Lipinski definition) is 1. The summed E-state index contributed by atoms with van der Waals surface area (Å²) in [5, 5.41) is 10.9. The second-order valence-corrected chi connectivity index (χ2v) is 7.16. The molecule has 26 heavy (non-hydrogen) atoms. The van der Waals surface area contributed by atoms with Gasteiger partial charge in [-0.25, -0.2) is 4.79 Å². The van der Waals surface area contributed by atoms with Crippen molar-refractivity contribution in [3.8, 4) is 5.75 Å². The van der Waals surface area contributed by atoms with Crippen LogP contribution in [-0.2, 0) is 20.7 Å². The zero-order valence-electron chi connectivity index (χ0n) is 15.9. The van der Waals surface area contributed by atoms with E-state index in [0.717, 1.165) is 12.1 Å². The number of rotatable bonds is 6. The van der Waals surface area contributed by atoms with Crippen LogP contribution in [0, 0.1) is 0 Å². The van der Waals surface area contributed by atoms with Crippen LogP contribution in [0.3, 0.4) is 0 Å². The van der Waals surface area contributed by atoms with E-state index in [1.165, 1.54) is 11.5 Å². The van der Waals surface area contributed by atoms with Gasteiger partial charge in [-0.2, -0.15) is 0 Å². The van der Waals surface area contributed by atoms with Crippen LogP contribution >= 0.6 is 0 Å². The lowest BCUT2D eigenvalue weighted by Gasteiger charge is -2.24. The highest BCUT2D eigenvalue weighted by atomic mass is 16.6. The minimum Gasteiger partial charge on any atom is -0.507 e. The quantitative estimate of drug-likeness (QED) is 0.796. The molecule has 0 aliphatic rings. The molecule has 0 amide bonds. The number of ether oxygens (including phenoxy) is 2. The average Bonchev–Trinajstić information content (AvgIpc) is 2.91. The maximum Gasteiger partial charge on any atom is 0.419 e. The van der Waals surface area contributed by atoms with E-state index in [-0.39, 0.29) is 12.4 Å². The third kappa shape index (κ3) is 4.76. The standard InChI is InChI=1S/C19H26N2O5/c1-13(22)25-12-19(2,3)26-18(24)21-11-14(9-10-20(4)5)17-15(21)7-6-8-16(17)23/h6-8,11,23H,9-10,12H2,1-5H3. The summed E-state index contributed by atoms with van der Waals surface area (Å²) in [6, 6.07) is 5.04. The van der Waals surface area contributed by atoms with Crippen molar-refractivity contribution in [2.24, 2.45) is 0 Å². The van der Waals surface area contributed by atoms with Crippen molar-refractivity contribution in [3.63, 3.8) is 0 Å². The van der Waals surface area contributed by atoms with Crippen molar-refractivity contribution in [2.75, 3.05) is 27.2 Å². The van der Waals surface area contributed by atoms with Crippen LogP contribution in [0.4, 0.5) is 4.79 Å². The Morgan fingerprint density at radius 3 is 2.58 bits per heavy atom. The highest BCUT2D eigenvalue weighted by molar-refractivity contribution is 5.95. The minimum absolute atomic E-state index is 0.0357. The van der Waals surface area contributed by atoms with Crippen LogP contribution in [0.1, 0.15) is 26.3 Å². The van der Waals surface area contributed by atoms with Gasteiger partial charge >= 0.3 is 12.1 Å². The molecular formula is C19H26N2O5. The molecule has 142 valence electrons. The van der Waals surface area contributed by atoms with Gasteiger partial charge in [0, 0.05) is 25.1 Å². The van der Waals surface area contributed by atoms with Crippen molar-refractivity contribution in [3.05, 3.63) is 30.0 Å². The molecule has 0 atom stereocenters. The summed E-state index contributed by atoms with van der Waals surface area (Å²) >= 11 is 0. The molecule has 1 heterocycles. The molecular weight excluding hydrogens is 336 g/mol. The molecule has 1 N–H and O–H groups in total. The fourth-order valence-corrected chi connectivity index (χ4v) is 2.62. The van der Waals surface area contributed by atoms with Gasteiger partial charge in [0.15, 0.2) is 0 Å². The van der Waals surface area contributed by atoms with Gasteiger partial charge in [-0.05, 0) is 52.1 Å². The SMILES string of the molecule is CC(=O)OCC(C)(C)OC(=O)n1cc(CCN(C)C)c2c(O)cccc21. The fraction of sp³-hybridized carbons (Fsp3) is 0.474. The van der Waals surface area contributed by atoms with E-state index < -0.39 is 17.7 Å². The van der Waals surface area contributed by atoms with E-state index in [2.05, 4.69) is 0 Å². The van der Waals surface area contributed by atoms with Gasteiger partial charge < -0.3 is 19.5 Å². The van der Waals surface area contributed by atoms with Gasteiger partial charge in [0.1, 0.15) is 18.0 Å². The van der Waals surface area contributed by atoms with Gasteiger partial charge in [0.05, 0.1) is 5.52 Å². The first-order chi connectivity index (χ1) is 12.1. The first-order valence-electron chi connectivity index (χ1n) is 8.44.